The minimum Gasteiger partial charge on any atom is -0.491 e. The third kappa shape index (κ3) is 3.96. The first-order valence-electron chi connectivity index (χ1n) is 6.08. The summed E-state index contributed by atoms with van der Waals surface area (Å²) in [5, 5.41) is 0. The van der Waals surface area contributed by atoms with Crippen LogP contribution in [0, 0.1) is 5.82 Å². The van der Waals surface area contributed by atoms with Crippen LogP contribution in [0.25, 0.3) is 0 Å². The second kappa shape index (κ2) is 6.57. The first kappa shape index (κ1) is 13.9. The zero-order valence-electron chi connectivity index (χ0n) is 10.4. The largest absolute Gasteiger partial charge is 0.491 e. The van der Waals surface area contributed by atoms with Crippen LogP contribution in [0.2, 0.25) is 0 Å². The van der Waals surface area contributed by atoms with Gasteiger partial charge < -0.3 is 10.5 Å². The minimum absolute atomic E-state index is 0.349. The van der Waals surface area contributed by atoms with Gasteiger partial charge in [0.2, 0.25) is 0 Å². The van der Waals surface area contributed by atoms with Crippen molar-refractivity contribution in [3.63, 3.8) is 0 Å². The van der Waals surface area contributed by atoms with Crippen LogP contribution >= 0.6 is 15.9 Å². The van der Waals surface area contributed by atoms with Gasteiger partial charge in [-0.3, -0.25) is 0 Å². The maximum atomic E-state index is 13.4. The molecule has 4 heteroatoms. The van der Waals surface area contributed by atoms with Crippen LogP contribution in [0.1, 0.15) is 12.0 Å². The molecular weight excluding hydrogens is 309 g/mol. The molecule has 2 aromatic rings. The Kier molecular flexibility index (Phi) is 4.80. The van der Waals surface area contributed by atoms with Crippen molar-refractivity contribution in [1.82, 2.24) is 0 Å². The summed E-state index contributed by atoms with van der Waals surface area (Å²) >= 11 is 3.08. The fourth-order valence-electron chi connectivity index (χ4n) is 1.77. The molecule has 0 saturated carbocycles. The van der Waals surface area contributed by atoms with Crippen molar-refractivity contribution >= 4 is 21.6 Å². The van der Waals surface area contributed by atoms with E-state index in [1.807, 2.05) is 18.2 Å². The monoisotopic (exact) mass is 323 g/mol. The summed E-state index contributed by atoms with van der Waals surface area (Å²) < 4.78 is 19.2. The van der Waals surface area contributed by atoms with E-state index in [1.54, 1.807) is 0 Å². The highest BCUT2D eigenvalue weighted by atomic mass is 79.9. The van der Waals surface area contributed by atoms with Crippen LogP contribution in [0.15, 0.2) is 46.9 Å². The first-order chi connectivity index (χ1) is 9.16. The van der Waals surface area contributed by atoms with Crippen molar-refractivity contribution in [3.8, 4) is 5.75 Å². The molecule has 0 aromatic heterocycles. The van der Waals surface area contributed by atoms with Crippen LogP contribution in [-0.4, -0.2) is 6.61 Å². The molecule has 2 nitrogen and oxygen atoms in total. The Balaban J connectivity index is 1.85. The number of nitrogen functional groups attached to an aromatic ring is 1. The number of rotatable bonds is 5. The topological polar surface area (TPSA) is 35.2 Å². The lowest BCUT2D eigenvalue weighted by Crippen LogP contribution is -2.02. The lowest BCUT2D eigenvalue weighted by molar-refractivity contribution is 0.311. The number of benzene rings is 2. The Morgan fingerprint density at radius 2 is 1.89 bits per heavy atom. The van der Waals surface area contributed by atoms with E-state index in [4.69, 9.17) is 10.5 Å². The summed E-state index contributed by atoms with van der Waals surface area (Å²) in [6.07, 6.45) is 1.79. The molecule has 0 bridgehead atoms. The van der Waals surface area contributed by atoms with Crippen LogP contribution in [0.5, 0.6) is 5.75 Å². The molecule has 0 fully saturated rings. The van der Waals surface area contributed by atoms with E-state index >= 15 is 0 Å². The third-order valence-corrected chi connectivity index (χ3v) is 3.37. The maximum Gasteiger partial charge on any atom is 0.145 e. The van der Waals surface area contributed by atoms with E-state index in [2.05, 4.69) is 28.1 Å². The fraction of sp³-hybridized carbons (Fsp3) is 0.200. The number of hydrogen-bond acceptors (Lipinski definition) is 2. The smallest absolute Gasteiger partial charge is 0.145 e. The number of nitrogens with two attached hydrogens (primary N) is 1. The van der Waals surface area contributed by atoms with Crippen LogP contribution in [-0.2, 0) is 6.42 Å². The molecule has 2 N–H and O–H groups in total. The first-order valence-corrected chi connectivity index (χ1v) is 6.87. The standard InChI is InChI=1S/C15H15BrFNO/c16-12-9-14(18)15(10-13(12)17)19-8-4-7-11-5-2-1-3-6-11/h1-3,5-6,9-10H,4,7-8,18H2. The van der Waals surface area contributed by atoms with Crippen molar-refractivity contribution < 1.29 is 9.13 Å². The van der Waals surface area contributed by atoms with Gasteiger partial charge in [-0.1, -0.05) is 30.3 Å². The summed E-state index contributed by atoms with van der Waals surface area (Å²) in [6, 6.07) is 13.0. The minimum atomic E-state index is -0.368. The highest BCUT2D eigenvalue weighted by Crippen LogP contribution is 2.28. The molecule has 0 heterocycles. The molecule has 0 spiro atoms. The number of ether oxygens (including phenoxy) is 1. The van der Waals surface area contributed by atoms with Gasteiger partial charge in [-0.15, -0.1) is 0 Å². The average molecular weight is 324 g/mol. The zero-order chi connectivity index (χ0) is 13.7. The van der Waals surface area contributed by atoms with Crippen molar-refractivity contribution in [2.24, 2.45) is 0 Å². The molecule has 2 aromatic carbocycles. The van der Waals surface area contributed by atoms with E-state index in [0.29, 0.717) is 22.5 Å². The van der Waals surface area contributed by atoms with Gasteiger partial charge in [-0.25, -0.2) is 4.39 Å². The Bertz CT molecular complexity index is 545. The molecule has 0 aliphatic heterocycles. The molecular formula is C15H15BrFNO. The molecule has 2 rings (SSSR count). The number of aryl methyl sites for hydroxylation is 1. The van der Waals surface area contributed by atoms with E-state index in [1.165, 1.54) is 17.7 Å². The number of halogens is 2. The molecule has 0 saturated heterocycles. The van der Waals surface area contributed by atoms with E-state index in [0.717, 1.165) is 12.8 Å². The van der Waals surface area contributed by atoms with Gasteiger partial charge in [0.15, 0.2) is 0 Å². The summed E-state index contributed by atoms with van der Waals surface area (Å²) in [7, 11) is 0. The van der Waals surface area contributed by atoms with E-state index < -0.39 is 0 Å². The molecule has 100 valence electrons. The Morgan fingerprint density at radius 3 is 2.63 bits per heavy atom. The quantitative estimate of drug-likeness (QED) is 0.661. The predicted molar refractivity (Wildman–Crippen MR) is 78.8 cm³/mol. The maximum absolute atomic E-state index is 13.4. The Labute approximate surface area is 120 Å². The molecule has 19 heavy (non-hydrogen) atoms. The zero-order valence-corrected chi connectivity index (χ0v) is 12.0. The predicted octanol–water partition coefficient (Wildman–Crippen LogP) is 4.18. The van der Waals surface area contributed by atoms with Gasteiger partial charge in [0.25, 0.3) is 0 Å². The Morgan fingerprint density at radius 1 is 1.16 bits per heavy atom. The summed E-state index contributed by atoms with van der Waals surface area (Å²) in [4.78, 5) is 0. The van der Waals surface area contributed by atoms with Gasteiger partial charge in [0.1, 0.15) is 11.6 Å². The van der Waals surface area contributed by atoms with Gasteiger partial charge in [0, 0.05) is 6.07 Å². The van der Waals surface area contributed by atoms with Crippen LogP contribution in [0.4, 0.5) is 10.1 Å². The molecule has 0 atom stereocenters. The van der Waals surface area contributed by atoms with Crippen molar-refractivity contribution in [1.29, 1.82) is 0 Å². The molecule has 0 aliphatic rings. The fourth-order valence-corrected chi connectivity index (χ4v) is 2.13. The number of hydrogen-bond donors (Lipinski definition) is 1. The van der Waals surface area contributed by atoms with Crippen LogP contribution in [0.3, 0.4) is 0 Å². The highest BCUT2D eigenvalue weighted by Gasteiger charge is 2.06. The van der Waals surface area contributed by atoms with Crippen molar-refractivity contribution in [3.05, 3.63) is 58.3 Å². The normalized spacial score (nSPS) is 10.4. The molecule has 0 radical (unpaired) electrons. The number of anilines is 1. The van der Waals surface area contributed by atoms with Crippen LogP contribution < -0.4 is 10.5 Å². The second-order valence-electron chi connectivity index (χ2n) is 4.24. The van der Waals surface area contributed by atoms with Gasteiger partial charge in [-0.2, -0.15) is 0 Å². The lowest BCUT2D eigenvalue weighted by Gasteiger charge is -2.09. The summed E-state index contributed by atoms with van der Waals surface area (Å²) in [5.74, 6) is 0.0287. The highest BCUT2D eigenvalue weighted by molar-refractivity contribution is 9.10. The molecule has 0 aliphatic carbocycles. The summed E-state index contributed by atoms with van der Waals surface area (Å²) in [6.45, 7) is 0.514. The second-order valence-corrected chi connectivity index (χ2v) is 5.10. The Hall–Kier alpha value is -1.55. The molecule has 0 unspecified atom stereocenters. The van der Waals surface area contributed by atoms with E-state index in [-0.39, 0.29) is 5.82 Å². The SMILES string of the molecule is Nc1cc(Br)c(F)cc1OCCCc1ccccc1. The summed E-state index contributed by atoms with van der Waals surface area (Å²) in [5.41, 5.74) is 7.46. The molecule has 0 amide bonds. The average Bonchev–Trinajstić information content (AvgIpc) is 2.41. The van der Waals surface area contributed by atoms with E-state index in [9.17, 15) is 4.39 Å². The lowest BCUT2D eigenvalue weighted by atomic mass is 10.1. The van der Waals surface area contributed by atoms with Gasteiger partial charge >= 0.3 is 0 Å². The van der Waals surface area contributed by atoms with Gasteiger partial charge in [0.05, 0.1) is 16.8 Å². The van der Waals surface area contributed by atoms with Crippen molar-refractivity contribution in [2.45, 2.75) is 12.8 Å². The van der Waals surface area contributed by atoms with Gasteiger partial charge in [-0.05, 0) is 40.4 Å². The van der Waals surface area contributed by atoms with Crippen molar-refractivity contribution in [2.75, 3.05) is 12.3 Å². The third-order valence-electron chi connectivity index (χ3n) is 2.76.